The van der Waals surface area contributed by atoms with Crippen molar-refractivity contribution < 1.29 is 41.4 Å². The van der Waals surface area contributed by atoms with Crippen molar-refractivity contribution in [1.82, 2.24) is 5.32 Å². The molecule has 0 radical (unpaired) electrons. The molecule has 2 aliphatic rings. The van der Waals surface area contributed by atoms with Crippen LogP contribution in [0.1, 0.15) is 63.7 Å². The van der Waals surface area contributed by atoms with Crippen LogP contribution < -0.4 is 10.6 Å². The zero-order valence-corrected chi connectivity index (χ0v) is 25.8. The Morgan fingerprint density at radius 3 is 2.30 bits per heavy atom. The van der Waals surface area contributed by atoms with Crippen molar-refractivity contribution in [1.29, 1.82) is 0 Å². The van der Waals surface area contributed by atoms with E-state index in [1.54, 1.807) is 20.8 Å². The molecule has 0 saturated heterocycles. The topological polar surface area (TPSA) is 133 Å². The molecule has 0 aliphatic heterocycles. The Labute approximate surface area is 253 Å². The van der Waals surface area contributed by atoms with E-state index in [1.807, 2.05) is 6.92 Å². The number of amides is 2. The Morgan fingerprint density at radius 2 is 1.72 bits per heavy atom. The molecule has 0 heterocycles. The first-order valence-electron chi connectivity index (χ1n) is 14.0. The third kappa shape index (κ3) is 6.72. The second kappa shape index (κ2) is 12.0. The van der Waals surface area contributed by atoms with E-state index in [-0.39, 0.29) is 58.8 Å². The average Bonchev–Trinajstić information content (AvgIpc) is 3.02. The first-order valence-corrected chi connectivity index (χ1v) is 15.9. The van der Waals surface area contributed by atoms with Gasteiger partial charge in [-0.15, -0.1) is 0 Å². The summed E-state index contributed by atoms with van der Waals surface area (Å²) in [5, 5.41) is 26.3. The van der Waals surface area contributed by atoms with Gasteiger partial charge in [-0.05, 0) is 55.2 Å². The number of halogens is 4. The predicted molar refractivity (Wildman–Crippen MR) is 155 cm³/mol. The highest BCUT2D eigenvalue weighted by Gasteiger charge is 2.58. The van der Waals surface area contributed by atoms with E-state index in [4.69, 9.17) is 11.6 Å². The summed E-state index contributed by atoms with van der Waals surface area (Å²) in [4.78, 5) is 24.7. The van der Waals surface area contributed by atoms with Crippen LogP contribution in [0.4, 0.5) is 18.9 Å². The van der Waals surface area contributed by atoms with Crippen LogP contribution >= 0.6 is 11.6 Å². The maximum absolute atomic E-state index is 13.9. The van der Waals surface area contributed by atoms with Gasteiger partial charge in [0, 0.05) is 41.8 Å². The molecule has 4 N–H and O–H groups in total. The van der Waals surface area contributed by atoms with Crippen molar-refractivity contribution in [3.8, 4) is 0 Å². The third-order valence-corrected chi connectivity index (χ3v) is 11.3. The molecule has 8 nitrogen and oxygen atoms in total. The van der Waals surface area contributed by atoms with Crippen LogP contribution in [0.5, 0.6) is 0 Å². The molecule has 0 spiro atoms. The van der Waals surface area contributed by atoms with Gasteiger partial charge in [0.1, 0.15) is 0 Å². The highest BCUT2D eigenvalue weighted by Crippen LogP contribution is 2.56. The summed E-state index contributed by atoms with van der Waals surface area (Å²) >= 11 is 6.29. The fourth-order valence-electron chi connectivity index (χ4n) is 6.42. The van der Waals surface area contributed by atoms with Crippen LogP contribution in [0, 0.1) is 40.6 Å². The SMILES string of the molecule is C[C@H]1CC2C[C@@H](S(=O)(=O)c3cc(C(=O)Nc4cc(F)c(F)c(F)c4)ccc3Cl)CC1[C@@]2(O)CC(O)CNC(=O)C(C)(C)C. The second-order valence-electron chi connectivity index (χ2n) is 12.8. The molecule has 2 amide bonds. The fourth-order valence-corrected chi connectivity index (χ4v) is 8.79. The minimum absolute atomic E-state index is 0.0230. The maximum Gasteiger partial charge on any atom is 0.255 e. The van der Waals surface area contributed by atoms with Crippen molar-refractivity contribution in [2.45, 2.75) is 75.2 Å². The summed E-state index contributed by atoms with van der Waals surface area (Å²) in [5.74, 6) is -6.75. The van der Waals surface area contributed by atoms with Crippen LogP contribution in [-0.4, -0.2) is 53.9 Å². The van der Waals surface area contributed by atoms with Crippen LogP contribution in [-0.2, 0) is 14.6 Å². The number of benzene rings is 2. The summed E-state index contributed by atoms with van der Waals surface area (Å²) in [6.45, 7) is 7.11. The summed E-state index contributed by atoms with van der Waals surface area (Å²) < 4.78 is 68.2. The molecular weight excluding hydrogens is 609 g/mol. The number of aliphatic hydroxyl groups excluding tert-OH is 1. The van der Waals surface area contributed by atoms with Crippen molar-refractivity contribution in [2.75, 3.05) is 11.9 Å². The number of anilines is 1. The van der Waals surface area contributed by atoms with Crippen LogP contribution in [0.25, 0.3) is 0 Å². The van der Waals surface area contributed by atoms with Gasteiger partial charge in [-0.2, -0.15) is 0 Å². The summed E-state index contributed by atoms with van der Waals surface area (Å²) in [7, 11) is -4.12. The smallest absolute Gasteiger partial charge is 0.255 e. The van der Waals surface area contributed by atoms with Crippen molar-refractivity contribution in [2.24, 2.45) is 23.2 Å². The molecule has 3 unspecified atom stereocenters. The largest absolute Gasteiger partial charge is 0.391 e. The molecule has 6 atom stereocenters. The number of aliphatic hydroxyl groups is 2. The van der Waals surface area contributed by atoms with Gasteiger partial charge in [-0.25, -0.2) is 21.6 Å². The van der Waals surface area contributed by atoms with Gasteiger partial charge in [0.2, 0.25) is 5.91 Å². The van der Waals surface area contributed by atoms with Crippen molar-refractivity contribution in [3.63, 3.8) is 0 Å². The fraction of sp³-hybridized carbons (Fsp3) is 0.533. The number of carbonyl (C=O) groups excluding carboxylic acids is 2. The Bertz CT molecular complexity index is 1510. The van der Waals surface area contributed by atoms with Crippen molar-refractivity contribution in [3.05, 3.63) is 58.4 Å². The van der Waals surface area contributed by atoms with Gasteiger partial charge in [0.25, 0.3) is 5.91 Å². The molecule has 2 aromatic rings. The molecule has 236 valence electrons. The first-order chi connectivity index (χ1) is 19.8. The van der Waals surface area contributed by atoms with E-state index in [0.29, 0.717) is 18.6 Å². The molecule has 0 aromatic heterocycles. The summed E-state index contributed by atoms with van der Waals surface area (Å²) in [6, 6.07) is 4.75. The zero-order valence-electron chi connectivity index (χ0n) is 24.3. The lowest BCUT2D eigenvalue weighted by Crippen LogP contribution is -2.52. The van der Waals surface area contributed by atoms with E-state index < -0.39 is 67.4 Å². The van der Waals surface area contributed by atoms with E-state index >= 15 is 0 Å². The van der Waals surface area contributed by atoms with Crippen LogP contribution in [0.2, 0.25) is 5.02 Å². The first kappa shape index (κ1) is 33.2. The number of fused-ring (bicyclic) bond motifs is 2. The number of carbonyl (C=O) groups is 2. The molecule has 43 heavy (non-hydrogen) atoms. The zero-order chi connectivity index (χ0) is 32.1. The van der Waals surface area contributed by atoms with Crippen LogP contribution in [0.3, 0.4) is 0 Å². The average molecular weight is 645 g/mol. The molecule has 2 saturated carbocycles. The molecule has 13 heteroatoms. The number of nitrogens with one attached hydrogen (secondary N) is 2. The molecule has 4 rings (SSSR count). The molecule has 2 aromatic carbocycles. The molecule has 2 bridgehead atoms. The molecule has 2 aliphatic carbocycles. The normalized spacial score (nSPS) is 26.2. The monoisotopic (exact) mass is 644 g/mol. The molecular formula is C30H36ClF3N2O6S. The standard InChI is InChI=1S/C30H36ClF3N2O6S/c1-15-7-17-9-20(12-21(15)30(17,40)13-19(37)14-35-28(39)29(2,3)4)43(41,42)25-8-16(5-6-22(25)31)27(38)36-18-10-23(32)26(34)24(33)11-18/h5-6,8,10-11,15,17,19-21,37,40H,7,9,12-14H2,1-4H3,(H,35,39)(H,36,38)/t15-,17?,19?,20+,21?,30+/m0/s1. The minimum atomic E-state index is -4.12. The maximum atomic E-state index is 13.9. The Morgan fingerprint density at radius 1 is 1.09 bits per heavy atom. The number of hydrogen-bond donors (Lipinski definition) is 4. The number of rotatable bonds is 8. The quantitative estimate of drug-likeness (QED) is 0.304. The highest BCUT2D eigenvalue weighted by atomic mass is 35.5. The van der Waals surface area contributed by atoms with Gasteiger partial charge >= 0.3 is 0 Å². The summed E-state index contributed by atoms with van der Waals surface area (Å²) in [6.07, 6.45) is -0.312. The lowest BCUT2D eigenvalue weighted by molar-refractivity contribution is -0.130. The van der Waals surface area contributed by atoms with Gasteiger partial charge in [-0.3, -0.25) is 9.59 Å². The van der Waals surface area contributed by atoms with E-state index in [1.165, 1.54) is 12.1 Å². The van der Waals surface area contributed by atoms with Gasteiger partial charge in [0.15, 0.2) is 27.3 Å². The Hall–Kier alpha value is -2.67. The number of hydrogen-bond acceptors (Lipinski definition) is 6. The highest BCUT2D eigenvalue weighted by molar-refractivity contribution is 7.92. The Balaban J connectivity index is 1.51. The van der Waals surface area contributed by atoms with E-state index in [2.05, 4.69) is 10.6 Å². The van der Waals surface area contributed by atoms with E-state index in [0.717, 1.165) is 6.07 Å². The van der Waals surface area contributed by atoms with Gasteiger partial charge in [-0.1, -0.05) is 39.3 Å². The van der Waals surface area contributed by atoms with Gasteiger partial charge in [0.05, 0.1) is 26.9 Å². The lowest BCUT2D eigenvalue weighted by Gasteiger charge is -2.44. The van der Waals surface area contributed by atoms with E-state index in [9.17, 15) is 41.4 Å². The van der Waals surface area contributed by atoms with Crippen LogP contribution in [0.15, 0.2) is 35.2 Å². The third-order valence-electron chi connectivity index (χ3n) is 8.68. The molecule has 2 fully saturated rings. The minimum Gasteiger partial charge on any atom is -0.391 e. The summed E-state index contributed by atoms with van der Waals surface area (Å²) in [5.41, 5.74) is -2.50. The Kier molecular flexibility index (Phi) is 9.29. The van der Waals surface area contributed by atoms with Crippen molar-refractivity contribution >= 4 is 38.9 Å². The predicted octanol–water partition coefficient (Wildman–Crippen LogP) is 4.86. The number of sulfone groups is 1. The lowest BCUT2D eigenvalue weighted by atomic mass is 9.70. The second-order valence-corrected chi connectivity index (χ2v) is 15.4. The van der Waals surface area contributed by atoms with Gasteiger partial charge < -0.3 is 20.8 Å².